The summed E-state index contributed by atoms with van der Waals surface area (Å²) in [5, 5.41) is 6.69. The highest BCUT2D eigenvalue weighted by atomic mass is 32.1. The SMILES string of the molecule is CNc1nc(N)c(C(=O)NC2(C)CCCCC2)s1. The summed E-state index contributed by atoms with van der Waals surface area (Å²) in [4.78, 5) is 16.8. The van der Waals surface area contributed by atoms with Gasteiger partial charge in [-0.2, -0.15) is 0 Å². The van der Waals surface area contributed by atoms with Crippen molar-refractivity contribution in [1.82, 2.24) is 10.3 Å². The van der Waals surface area contributed by atoms with Crippen molar-refractivity contribution in [2.24, 2.45) is 0 Å². The number of hydrogen-bond donors (Lipinski definition) is 3. The van der Waals surface area contributed by atoms with Gasteiger partial charge in [0.2, 0.25) is 0 Å². The molecule has 0 aliphatic heterocycles. The van der Waals surface area contributed by atoms with Gasteiger partial charge < -0.3 is 16.4 Å². The van der Waals surface area contributed by atoms with Crippen molar-refractivity contribution in [3.8, 4) is 0 Å². The number of anilines is 2. The zero-order valence-corrected chi connectivity index (χ0v) is 11.7. The number of thiazole rings is 1. The zero-order valence-electron chi connectivity index (χ0n) is 10.9. The van der Waals surface area contributed by atoms with Crippen LogP contribution in [0.5, 0.6) is 0 Å². The molecule has 1 aliphatic carbocycles. The van der Waals surface area contributed by atoms with E-state index >= 15 is 0 Å². The Balaban J connectivity index is 2.08. The van der Waals surface area contributed by atoms with E-state index in [1.807, 2.05) is 0 Å². The van der Waals surface area contributed by atoms with Gasteiger partial charge in [-0.3, -0.25) is 4.79 Å². The Morgan fingerprint density at radius 3 is 2.61 bits per heavy atom. The third-order valence-electron chi connectivity index (χ3n) is 3.45. The van der Waals surface area contributed by atoms with Gasteiger partial charge in [-0.25, -0.2) is 4.98 Å². The van der Waals surface area contributed by atoms with Crippen molar-refractivity contribution >= 4 is 28.2 Å². The second kappa shape index (κ2) is 5.14. The first-order valence-corrected chi connectivity index (χ1v) is 7.12. The highest BCUT2D eigenvalue weighted by molar-refractivity contribution is 7.18. The van der Waals surface area contributed by atoms with Crippen molar-refractivity contribution in [2.75, 3.05) is 18.1 Å². The van der Waals surface area contributed by atoms with Crippen LogP contribution in [-0.2, 0) is 0 Å². The lowest BCUT2D eigenvalue weighted by atomic mass is 9.83. The van der Waals surface area contributed by atoms with Crippen LogP contribution >= 0.6 is 11.3 Å². The van der Waals surface area contributed by atoms with Gasteiger partial charge in [-0.15, -0.1) is 0 Å². The van der Waals surface area contributed by atoms with Crippen molar-refractivity contribution in [3.63, 3.8) is 0 Å². The van der Waals surface area contributed by atoms with Crippen LogP contribution in [0.1, 0.15) is 48.7 Å². The van der Waals surface area contributed by atoms with Gasteiger partial charge in [0, 0.05) is 12.6 Å². The molecule has 4 N–H and O–H groups in total. The van der Waals surface area contributed by atoms with Crippen LogP contribution in [0.3, 0.4) is 0 Å². The Morgan fingerprint density at radius 1 is 1.39 bits per heavy atom. The first kappa shape index (κ1) is 13.1. The van der Waals surface area contributed by atoms with E-state index in [4.69, 9.17) is 5.73 Å². The smallest absolute Gasteiger partial charge is 0.265 e. The average molecular weight is 268 g/mol. The summed E-state index contributed by atoms with van der Waals surface area (Å²) in [6.07, 6.45) is 5.69. The van der Waals surface area contributed by atoms with Gasteiger partial charge in [0.15, 0.2) is 5.13 Å². The second-order valence-corrected chi connectivity index (χ2v) is 6.06. The predicted molar refractivity (Wildman–Crippen MR) is 75.0 cm³/mol. The highest BCUT2D eigenvalue weighted by Gasteiger charge is 2.30. The van der Waals surface area contributed by atoms with Crippen LogP contribution in [0.2, 0.25) is 0 Å². The van der Waals surface area contributed by atoms with E-state index in [1.165, 1.54) is 30.6 Å². The number of nitrogen functional groups attached to an aromatic ring is 1. The molecule has 100 valence electrons. The van der Waals surface area contributed by atoms with Crippen LogP contribution < -0.4 is 16.4 Å². The molecule has 1 amide bonds. The summed E-state index contributed by atoms with van der Waals surface area (Å²) in [6, 6.07) is 0. The Morgan fingerprint density at radius 2 is 2.06 bits per heavy atom. The molecule has 0 bridgehead atoms. The third-order valence-corrected chi connectivity index (χ3v) is 4.53. The second-order valence-electron chi connectivity index (χ2n) is 5.06. The van der Waals surface area contributed by atoms with E-state index in [0.717, 1.165) is 12.8 Å². The molecule has 1 aromatic rings. The molecule has 18 heavy (non-hydrogen) atoms. The number of carbonyl (C=O) groups is 1. The molecule has 2 rings (SSSR count). The largest absolute Gasteiger partial charge is 0.382 e. The minimum atomic E-state index is -0.101. The summed E-state index contributed by atoms with van der Waals surface area (Å²) >= 11 is 1.30. The van der Waals surface area contributed by atoms with Gasteiger partial charge in [0.05, 0.1) is 0 Å². The van der Waals surface area contributed by atoms with Crippen LogP contribution in [0.15, 0.2) is 0 Å². The van der Waals surface area contributed by atoms with Gasteiger partial charge in [0.1, 0.15) is 10.7 Å². The first-order chi connectivity index (χ1) is 8.54. The zero-order chi connectivity index (χ0) is 13.2. The van der Waals surface area contributed by atoms with E-state index in [1.54, 1.807) is 7.05 Å². The number of rotatable bonds is 3. The number of carbonyl (C=O) groups excluding carboxylic acids is 1. The number of nitrogens with one attached hydrogen (secondary N) is 2. The van der Waals surface area contributed by atoms with E-state index in [-0.39, 0.29) is 11.4 Å². The molecule has 0 radical (unpaired) electrons. The minimum absolute atomic E-state index is 0.0917. The van der Waals surface area contributed by atoms with E-state index in [9.17, 15) is 4.79 Å². The van der Waals surface area contributed by atoms with Gasteiger partial charge in [-0.05, 0) is 19.8 Å². The fraction of sp³-hybridized carbons (Fsp3) is 0.667. The summed E-state index contributed by atoms with van der Waals surface area (Å²) in [5.74, 6) is 0.206. The third kappa shape index (κ3) is 2.75. The summed E-state index contributed by atoms with van der Waals surface area (Å²) in [7, 11) is 1.77. The molecule has 0 spiro atoms. The molecule has 1 aliphatic rings. The van der Waals surface area contributed by atoms with Gasteiger partial charge in [0.25, 0.3) is 5.91 Å². The van der Waals surface area contributed by atoms with Crippen molar-refractivity contribution < 1.29 is 4.79 Å². The maximum Gasteiger partial charge on any atom is 0.265 e. The molecular formula is C12H20N4OS. The Bertz CT molecular complexity index is 437. The molecule has 1 heterocycles. The number of aromatic nitrogens is 1. The van der Waals surface area contributed by atoms with Crippen LogP contribution in [-0.4, -0.2) is 23.5 Å². The van der Waals surface area contributed by atoms with Crippen molar-refractivity contribution in [1.29, 1.82) is 0 Å². The topological polar surface area (TPSA) is 80.0 Å². The number of nitrogens with two attached hydrogens (primary N) is 1. The quantitative estimate of drug-likeness (QED) is 0.785. The van der Waals surface area contributed by atoms with Crippen LogP contribution in [0.4, 0.5) is 10.9 Å². The predicted octanol–water partition coefficient (Wildman–Crippen LogP) is 2.22. The molecule has 6 heteroatoms. The lowest BCUT2D eigenvalue weighted by Crippen LogP contribution is -2.47. The maximum absolute atomic E-state index is 12.2. The fourth-order valence-corrected chi connectivity index (χ4v) is 3.12. The van der Waals surface area contributed by atoms with Crippen molar-refractivity contribution in [3.05, 3.63) is 4.88 Å². The lowest BCUT2D eigenvalue weighted by Gasteiger charge is -2.34. The average Bonchev–Trinajstić information content (AvgIpc) is 2.71. The fourth-order valence-electron chi connectivity index (χ4n) is 2.39. The van der Waals surface area contributed by atoms with Crippen LogP contribution in [0.25, 0.3) is 0 Å². The first-order valence-electron chi connectivity index (χ1n) is 6.31. The molecule has 1 fully saturated rings. The Kier molecular flexibility index (Phi) is 3.75. The minimum Gasteiger partial charge on any atom is -0.382 e. The molecular weight excluding hydrogens is 248 g/mol. The molecule has 0 atom stereocenters. The van der Waals surface area contributed by atoms with Gasteiger partial charge in [-0.1, -0.05) is 30.6 Å². The van der Waals surface area contributed by atoms with E-state index in [2.05, 4.69) is 22.5 Å². The summed E-state index contributed by atoms with van der Waals surface area (Å²) in [6.45, 7) is 2.11. The summed E-state index contributed by atoms with van der Waals surface area (Å²) < 4.78 is 0. The number of amides is 1. The Labute approximate surface area is 111 Å². The molecule has 0 unspecified atom stereocenters. The summed E-state index contributed by atoms with van der Waals surface area (Å²) in [5.41, 5.74) is 5.67. The number of nitrogens with zero attached hydrogens (tertiary/aromatic N) is 1. The monoisotopic (exact) mass is 268 g/mol. The van der Waals surface area contributed by atoms with Crippen LogP contribution in [0, 0.1) is 0 Å². The molecule has 1 saturated carbocycles. The molecule has 0 aromatic carbocycles. The lowest BCUT2D eigenvalue weighted by molar-refractivity contribution is 0.0887. The molecule has 5 nitrogen and oxygen atoms in total. The van der Waals surface area contributed by atoms with Crippen molar-refractivity contribution in [2.45, 2.75) is 44.6 Å². The standard InChI is InChI=1S/C12H20N4OS/c1-12(6-4-3-5-7-12)16-10(17)8-9(13)15-11(14-2)18-8/h3-7,13H2,1-2H3,(H,14,15)(H,16,17). The Hall–Kier alpha value is -1.30. The number of hydrogen-bond acceptors (Lipinski definition) is 5. The van der Waals surface area contributed by atoms with Gasteiger partial charge >= 0.3 is 0 Å². The molecule has 0 saturated heterocycles. The normalized spacial score (nSPS) is 18.3. The highest BCUT2D eigenvalue weighted by Crippen LogP contribution is 2.30. The maximum atomic E-state index is 12.2. The molecule has 1 aromatic heterocycles. The van der Waals surface area contributed by atoms with E-state index in [0.29, 0.717) is 15.8 Å². The van der Waals surface area contributed by atoms with E-state index < -0.39 is 0 Å².